The Morgan fingerprint density at radius 2 is 2.07 bits per heavy atom. The number of carbonyl (C=O) groups is 1. The first-order chi connectivity index (χ1) is 13.7. The van der Waals surface area contributed by atoms with Gasteiger partial charge in [-0.2, -0.15) is 4.68 Å². The Labute approximate surface area is 166 Å². The second-order valence-corrected chi connectivity index (χ2v) is 7.26. The highest BCUT2D eigenvalue weighted by Crippen LogP contribution is 2.31. The standard InChI is InChI=1S/C19H19N5O3S/c1-27-16-8-9-17-13(11-16)3-2-10-23(17)18(26)12-28-19-20-21-22-24(19)14-4-6-15(25)7-5-14/h4-9,11,25H,2-3,10,12H2,1H3. The van der Waals surface area contributed by atoms with E-state index in [1.54, 1.807) is 36.1 Å². The van der Waals surface area contributed by atoms with Gasteiger partial charge in [0.05, 0.1) is 18.6 Å². The third kappa shape index (κ3) is 3.65. The lowest BCUT2D eigenvalue weighted by atomic mass is 10.0. The van der Waals surface area contributed by atoms with Crippen molar-refractivity contribution in [2.75, 3.05) is 24.3 Å². The van der Waals surface area contributed by atoms with Crippen LogP contribution in [0.25, 0.3) is 5.69 Å². The van der Waals surface area contributed by atoms with Gasteiger partial charge >= 0.3 is 0 Å². The number of tetrazole rings is 1. The quantitative estimate of drug-likeness (QED) is 0.661. The summed E-state index contributed by atoms with van der Waals surface area (Å²) in [5, 5.41) is 21.6. The fraction of sp³-hybridized carbons (Fsp3) is 0.263. The number of ether oxygens (including phenoxy) is 1. The molecule has 0 atom stereocenters. The second kappa shape index (κ2) is 7.89. The predicted octanol–water partition coefficient (Wildman–Crippen LogP) is 2.45. The Morgan fingerprint density at radius 3 is 2.86 bits per heavy atom. The third-order valence-corrected chi connectivity index (χ3v) is 5.47. The van der Waals surface area contributed by atoms with Crippen LogP contribution < -0.4 is 9.64 Å². The van der Waals surface area contributed by atoms with E-state index in [-0.39, 0.29) is 17.4 Å². The predicted molar refractivity (Wildman–Crippen MR) is 105 cm³/mol. The van der Waals surface area contributed by atoms with Gasteiger partial charge in [-0.15, -0.1) is 5.10 Å². The highest BCUT2D eigenvalue weighted by Gasteiger charge is 2.23. The number of carbonyl (C=O) groups excluding carboxylic acids is 1. The van der Waals surface area contributed by atoms with Crippen molar-refractivity contribution < 1.29 is 14.6 Å². The van der Waals surface area contributed by atoms with Gasteiger partial charge < -0.3 is 14.7 Å². The van der Waals surface area contributed by atoms with Gasteiger partial charge in [-0.25, -0.2) is 0 Å². The normalized spacial score (nSPS) is 13.2. The number of hydrogen-bond acceptors (Lipinski definition) is 7. The molecule has 3 aromatic rings. The molecule has 1 aliphatic heterocycles. The lowest BCUT2D eigenvalue weighted by Crippen LogP contribution is -2.36. The number of fused-ring (bicyclic) bond motifs is 1. The van der Waals surface area contributed by atoms with Crippen molar-refractivity contribution in [3.63, 3.8) is 0 Å². The molecule has 2 heterocycles. The monoisotopic (exact) mass is 397 g/mol. The minimum atomic E-state index is 0.0105. The first-order valence-electron chi connectivity index (χ1n) is 8.83. The third-order valence-electron chi connectivity index (χ3n) is 4.57. The highest BCUT2D eigenvalue weighted by atomic mass is 32.2. The molecule has 144 valence electrons. The van der Waals surface area contributed by atoms with E-state index in [9.17, 15) is 9.90 Å². The Morgan fingerprint density at radius 1 is 1.25 bits per heavy atom. The van der Waals surface area contributed by atoms with Gasteiger partial charge in [0.1, 0.15) is 11.5 Å². The number of anilines is 1. The molecule has 4 rings (SSSR count). The van der Waals surface area contributed by atoms with Gasteiger partial charge in [-0.3, -0.25) is 4.79 Å². The van der Waals surface area contributed by atoms with E-state index in [2.05, 4.69) is 15.5 Å². The molecule has 0 fully saturated rings. The fourth-order valence-electron chi connectivity index (χ4n) is 3.19. The lowest BCUT2D eigenvalue weighted by molar-refractivity contribution is -0.116. The van der Waals surface area contributed by atoms with E-state index in [1.165, 1.54) is 11.8 Å². The first kappa shape index (κ1) is 18.3. The van der Waals surface area contributed by atoms with Crippen LogP contribution in [0, 0.1) is 0 Å². The number of benzene rings is 2. The van der Waals surface area contributed by atoms with Crippen LogP contribution in [0.4, 0.5) is 5.69 Å². The van der Waals surface area contributed by atoms with Crippen LogP contribution in [0.1, 0.15) is 12.0 Å². The molecule has 0 unspecified atom stereocenters. The molecule has 1 aliphatic rings. The van der Waals surface area contributed by atoms with E-state index in [4.69, 9.17) is 4.74 Å². The summed E-state index contributed by atoms with van der Waals surface area (Å²) < 4.78 is 6.83. The number of aromatic hydroxyl groups is 1. The van der Waals surface area contributed by atoms with E-state index < -0.39 is 0 Å². The summed E-state index contributed by atoms with van der Waals surface area (Å²) in [6.07, 6.45) is 1.85. The summed E-state index contributed by atoms with van der Waals surface area (Å²) in [7, 11) is 1.64. The summed E-state index contributed by atoms with van der Waals surface area (Å²) in [6, 6.07) is 12.4. The molecule has 2 aromatic carbocycles. The molecule has 0 aliphatic carbocycles. The number of thioether (sulfide) groups is 1. The number of methoxy groups -OCH3 is 1. The summed E-state index contributed by atoms with van der Waals surface area (Å²) in [5.41, 5.74) is 2.78. The molecular weight excluding hydrogens is 378 g/mol. The van der Waals surface area contributed by atoms with Crippen molar-refractivity contribution in [3.8, 4) is 17.2 Å². The average Bonchev–Trinajstić information content (AvgIpc) is 3.20. The number of phenols is 1. The molecule has 0 spiro atoms. The lowest BCUT2D eigenvalue weighted by Gasteiger charge is -2.29. The molecule has 0 radical (unpaired) electrons. The van der Waals surface area contributed by atoms with Gasteiger partial charge in [-0.05, 0) is 71.3 Å². The molecule has 1 N–H and O–H groups in total. The van der Waals surface area contributed by atoms with Crippen LogP contribution in [0.5, 0.6) is 11.5 Å². The van der Waals surface area contributed by atoms with Gasteiger partial charge in [0, 0.05) is 12.2 Å². The summed E-state index contributed by atoms with van der Waals surface area (Å²) >= 11 is 1.29. The molecule has 8 nitrogen and oxygen atoms in total. The van der Waals surface area contributed by atoms with Crippen molar-refractivity contribution >= 4 is 23.4 Å². The zero-order valence-electron chi connectivity index (χ0n) is 15.3. The number of amides is 1. The zero-order chi connectivity index (χ0) is 19.5. The zero-order valence-corrected chi connectivity index (χ0v) is 16.1. The van der Waals surface area contributed by atoms with E-state index in [1.807, 2.05) is 23.1 Å². The van der Waals surface area contributed by atoms with Crippen LogP contribution in [0.15, 0.2) is 47.6 Å². The molecular formula is C19H19N5O3S. The summed E-state index contributed by atoms with van der Waals surface area (Å²) in [4.78, 5) is 14.7. The molecule has 1 amide bonds. The Bertz CT molecular complexity index is 989. The average molecular weight is 397 g/mol. The van der Waals surface area contributed by atoms with Gasteiger partial charge in [0.2, 0.25) is 11.1 Å². The van der Waals surface area contributed by atoms with E-state index in [0.29, 0.717) is 17.4 Å². The van der Waals surface area contributed by atoms with E-state index in [0.717, 1.165) is 29.8 Å². The SMILES string of the molecule is COc1ccc2c(c1)CCCN2C(=O)CSc1nnnn1-c1ccc(O)cc1. The fourth-order valence-corrected chi connectivity index (χ4v) is 3.96. The molecule has 1 aromatic heterocycles. The minimum absolute atomic E-state index is 0.0105. The van der Waals surface area contributed by atoms with Crippen LogP contribution in [0.2, 0.25) is 0 Å². The van der Waals surface area contributed by atoms with Gasteiger partial charge in [-0.1, -0.05) is 11.8 Å². The minimum Gasteiger partial charge on any atom is -0.508 e. The van der Waals surface area contributed by atoms with E-state index >= 15 is 0 Å². The molecule has 9 heteroatoms. The molecule has 28 heavy (non-hydrogen) atoms. The second-order valence-electron chi connectivity index (χ2n) is 6.32. The van der Waals surface area contributed by atoms with Crippen molar-refractivity contribution in [2.45, 2.75) is 18.0 Å². The Balaban J connectivity index is 1.48. The van der Waals surface area contributed by atoms with Crippen LogP contribution in [-0.4, -0.2) is 50.6 Å². The molecule has 0 saturated carbocycles. The number of rotatable bonds is 5. The number of hydrogen-bond donors (Lipinski definition) is 1. The van der Waals surface area contributed by atoms with Crippen molar-refractivity contribution in [1.29, 1.82) is 0 Å². The maximum Gasteiger partial charge on any atom is 0.237 e. The largest absolute Gasteiger partial charge is 0.508 e. The maximum atomic E-state index is 12.9. The summed E-state index contributed by atoms with van der Waals surface area (Å²) in [5.74, 6) is 1.21. The van der Waals surface area contributed by atoms with Crippen molar-refractivity contribution in [3.05, 3.63) is 48.0 Å². The Hall–Kier alpha value is -3.07. The Kier molecular flexibility index (Phi) is 5.16. The highest BCUT2D eigenvalue weighted by molar-refractivity contribution is 7.99. The number of nitrogens with zero attached hydrogens (tertiary/aromatic N) is 5. The van der Waals surface area contributed by atoms with Crippen LogP contribution >= 0.6 is 11.8 Å². The maximum absolute atomic E-state index is 12.9. The van der Waals surface area contributed by atoms with Crippen molar-refractivity contribution in [2.24, 2.45) is 0 Å². The van der Waals surface area contributed by atoms with Gasteiger partial charge in [0.15, 0.2) is 0 Å². The van der Waals surface area contributed by atoms with Crippen LogP contribution in [-0.2, 0) is 11.2 Å². The first-order valence-corrected chi connectivity index (χ1v) is 9.82. The summed E-state index contributed by atoms with van der Waals surface area (Å²) in [6.45, 7) is 0.696. The van der Waals surface area contributed by atoms with Crippen molar-refractivity contribution in [1.82, 2.24) is 20.2 Å². The topological polar surface area (TPSA) is 93.4 Å². The van der Waals surface area contributed by atoms with Gasteiger partial charge in [0.25, 0.3) is 0 Å². The number of aromatic nitrogens is 4. The number of phenolic OH excluding ortho intramolecular Hbond substituents is 1. The molecule has 0 bridgehead atoms. The smallest absolute Gasteiger partial charge is 0.237 e. The van der Waals surface area contributed by atoms with Crippen LogP contribution in [0.3, 0.4) is 0 Å². The number of aryl methyl sites for hydroxylation is 1. The molecule has 0 saturated heterocycles.